The zero-order valence-electron chi connectivity index (χ0n) is 17.8. The summed E-state index contributed by atoms with van der Waals surface area (Å²) in [5.74, 6) is -0.486. The number of piperidine rings is 1. The molecule has 1 aliphatic heterocycles. The highest BCUT2D eigenvalue weighted by atomic mass is 35.5. The molecule has 2 aromatic carbocycles. The van der Waals surface area contributed by atoms with Crippen LogP contribution in [-0.2, 0) is 21.4 Å². The van der Waals surface area contributed by atoms with E-state index in [0.717, 1.165) is 5.56 Å². The van der Waals surface area contributed by atoms with Gasteiger partial charge in [0.2, 0.25) is 27.6 Å². The van der Waals surface area contributed by atoms with E-state index < -0.39 is 15.9 Å². The minimum Gasteiger partial charge on any atom is -0.352 e. The summed E-state index contributed by atoms with van der Waals surface area (Å²) < 4.78 is 46.1. The normalized spacial score (nSPS) is 17.1. The zero-order valence-corrected chi connectivity index (χ0v) is 19.4. The summed E-state index contributed by atoms with van der Waals surface area (Å²) in [7, 11) is -3.96. The first-order valence-corrected chi connectivity index (χ1v) is 12.2. The van der Waals surface area contributed by atoms with Gasteiger partial charge in [-0.1, -0.05) is 28.9 Å². The number of aromatic nitrogens is 2. The quantitative estimate of drug-likeness (QED) is 0.564. The lowest BCUT2D eigenvalue weighted by molar-refractivity contribution is -0.126. The Morgan fingerprint density at radius 1 is 1.27 bits per heavy atom. The van der Waals surface area contributed by atoms with Gasteiger partial charge in [0.05, 0.1) is 10.9 Å². The van der Waals surface area contributed by atoms with Crippen LogP contribution in [0, 0.1) is 18.7 Å². The first-order chi connectivity index (χ1) is 15.7. The van der Waals surface area contributed by atoms with Gasteiger partial charge in [0.15, 0.2) is 0 Å². The van der Waals surface area contributed by atoms with Gasteiger partial charge in [0.25, 0.3) is 0 Å². The van der Waals surface area contributed by atoms with E-state index >= 15 is 0 Å². The maximum absolute atomic E-state index is 13.4. The van der Waals surface area contributed by atoms with Crippen molar-refractivity contribution in [1.29, 1.82) is 0 Å². The van der Waals surface area contributed by atoms with Crippen LogP contribution < -0.4 is 5.32 Å². The van der Waals surface area contributed by atoms with Gasteiger partial charge in [-0.05, 0) is 48.7 Å². The molecule has 1 atom stereocenters. The van der Waals surface area contributed by atoms with Crippen molar-refractivity contribution in [2.45, 2.75) is 31.2 Å². The zero-order chi connectivity index (χ0) is 23.6. The Morgan fingerprint density at radius 2 is 2.03 bits per heavy atom. The fourth-order valence-electron chi connectivity index (χ4n) is 3.71. The summed E-state index contributed by atoms with van der Waals surface area (Å²) in [6.45, 7) is 2.20. The summed E-state index contributed by atoms with van der Waals surface area (Å²) >= 11 is 6.24. The summed E-state index contributed by atoms with van der Waals surface area (Å²) in [4.78, 5) is 16.8. The van der Waals surface area contributed by atoms with Gasteiger partial charge >= 0.3 is 0 Å². The topological polar surface area (TPSA) is 105 Å². The number of rotatable bonds is 6. The van der Waals surface area contributed by atoms with Gasteiger partial charge in [-0.2, -0.15) is 9.29 Å². The second kappa shape index (κ2) is 9.58. The Bertz CT molecular complexity index is 1260. The second-order valence-electron chi connectivity index (χ2n) is 7.83. The molecule has 0 bridgehead atoms. The molecule has 174 valence electrons. The van der Waals surface area contributed by atoms with E-state index in [1.165, 1.54) is 28.6 Å². The number of carbonyl (C=O) groups is 1. The number of hydrogen-bond donors (Lipinski definition) is 1. The lowest BCUT2D eigenvalue weighted by Gasteiger charge is -2.31. The van der Waals surface area contributed by atoms with Crippen LogP contribution in [0.1, 0.15) is 24.3 Å². The first kappa shape index (κ1) is 23.3. The molecule has 1 amide bonds. The monoisotopic (exact) mass is 492 g/mol. The molecule has 0 radical (unpaired) electrons. The number of hydrogen-bond acceptors (Lipinski definition) is 6. The van der Waals surface area contributed by atoms with Gasteiger partial charge in [0, 0.05) is 32.1 Å². The summed E-state index contributed by atoms with van der Waals surface area (Å²) in [6, 6.07) is 10.3. The van der Waals surface area contributed by atoms with E-state index in [1.54, 1.807) is 25.1 Å². The predicted molar refractivity (Wildman–Crippen MR) is 119 cm³/mol. The highest BCUT2D eigenvalue weighted by Crippen LogP contribution is 2.31. The van der Waals surface area contributed by atoms with Crippen molar-refractivity contribution in [1.82, 2.24) is 19.8 Å². The number of nitrogens with zero attached hydrogens (tertiary/aromatic N) is 3. The van der Waals surface area contributed by atoms with Crippen molar-refractivity contribution >= 4 is 27.5 Å². The van der Waals surface area contributed by atoms with Crippen molar-refractivity contribution in [3.8, 4) is 11.4 Å². The minimum atomic E-state index is -3.96. The van der Waals surface area contributed by atoms with E-state index in [0.29, 0.717) is 24.3 Å². The lowest BCUT2D eigenvalue weighted by atomic mass is 9.99. The van der Waals surface area contributed by atoms with E-state index in [2.05, 4.69) is 15.5 Å². The van der Waals surface area contributed by atoms with Gasteiger partial charge < -0.3 is 9.84 Å². The molecule has 1 aromatic heterocycles. The molecule has 0 aliphatic carbocycles. The van der Waals surface area contributed by atoms with E-state index in [4.69, 9.17) is 16.1 Å². The second-order valence-corrected chi connectivity index (χ2v) is 10.1. The van der Waals surface area contributed by atoms with Crippen molar-refractivity contribution in [3.05, 3.63) is 64.8 Å². The molecule has 4 rings (SSSR count). The molecule has 8 nitrogen and oxygen atoms in total. The molecule has 0 unspecified atom stereocenters. The molecule has 2 heterocycles. The highest BCUT2D eigenvalue weighted by molar-refractivity contribution is 7.89. The number of benzene rings is 2. The number of sulfonamides is 1. The van der Waals surface area contributed by atoms with Gasteiger partial charge in [-0.25, -0.2) is 12.8 Å². The fourth-order valence-corrected chi connectivity index (χ4v) is 5.73. The molecule has 1 saturated heterocycles. The van der Waals surface area contributed by atoms with Crippen LogP contribution in [0.4, 0.5) is 4.39 Å². The smallest absolute Gasteiger partial charge is 0.244 e. The Kier molecular flexibility index (Phi) is 6.78. The number of halogens is 2. The maximum atomic E-state index is 13.4. The van der Waals surface area contributed by atoms with Crippen molar-refractivity contribution in [2.75, 3.05) is 13.1 Å². The molecular weight excluding hydrogens is 471 g/mol. The standard InChI is InChI=1S/C22H22ClFN4O4S/c1-14-26-21(27-32-14)16-6-9-19(23)20(11-16)33(30,31)28-10-2-3-17(13-28)22(29)25-12-15-4-7-18(24)8-5-15/h4-9,11,17H,2-3,10,12-13H2,1H3,(H,25,29)/t17-/m0/s1. The largest absolute Gasteiger partial charge is 0.352 e. The highest BCUT2D eigenvalue weighted by Gasteiger charge is 2.34. The third kappa shape index (κ3) is 5.23. The molecule has 1 fully saturated rings. The van der Waals surface area contributed by atoms with Gasteiger partial charge in [0.1, 0.15) is 10.7 Å². The lowest BCUT2D eigenvalue weighted by Crippen LogP contribution is -2.45. The van der Waals surface area contributed by atoms with Crippen molar-refractivity contribution < 1.29 is 22.1 Å². The van der Waals surface area contributed by atoms with Crippen LogP contribution >= 0.6 is 11.6 Å². The number of carbonyl (C=O) groups excluding carboxylic acids is 1. The van der Waals surface area contributed by atoms with Crippen LogP contribution in [0.25, 0.3) is 11.4 Å². The Balaban J connectivity index is 1.49. The summed E-state index contributed by atoms with van der Waals surface area (Å²) in [6.07, 6.45) is 1.10. The molecule has 33 heavy (non-hydrogen) atoms. The third-order valence-electron chi connectivity index (χ3n) is 5.47. The van der Waals surface area contributed by atoms with Crippen LogP contribution in [0.15, 0.2) is 51.9 Å². The van der Waals surface area contributed by atoms with E-state index in [-0.39, 0.29) is 47.1 Å². The average molecular weight is 493 g/mol. The van der Waals surface area contributed by atoms with Crippen LogP contribution in [0.5, 0.6) is 0 Å². The summed E-state index contributed by atoms with van der Waals surface area (Å²) in [5.41, 5.74) is 1.21. The molecule has 11 heteroatoms. The molecule has 3 aromatic rings. The Labute approximate surface area is 195 Å². The van der Waals surface area contributed by atoms with E-state index in [9.17, 15) is 17.6 Å². The van der Waals surface area contributed by atoms with Gasteiger partial charge in [-0.15, -0.1) is 0 Å². The fraction of sp³-hybridized carbons (Fsp3) is 0.318. The number of amides is 1. The predicted octanol–water partition coefficient (Wildman–Crippen LogP) is 3.55. The Morgan fingerprint density at radius 3 is 2.73 bits per heavy atom. The van der Waals surface area contributed by atoms with Crippen molar-refractivity contribution in [3.63, 3.8) is 0 Å². The van der Waals surface area contributed by atoms with Crippen molar-refractivity contribution in [2.24, 2.45) is 5.92 Å². The Hall–Kier alpha value is -2.82. The van der Waals surface area contributed by atoms with E-state index in [1.807, 2.05) is 0 Å². The molecule has 0 saturated carbocycles. The minimum absolute atomic E-state index is 0.0411. The average Bonchev–Trinajstić information content (AvgIpc) is 3.25. The number of aryl methyl sites for hydroxylation is 1. The van der Waals surface area contributed by atoms with Gasteiger partial charge in [-0.3, -0.25) is 4.79 Å². The van der Waals surface area contributed by atoms with Crippen LogP contribution in [0.3, 0.4) is 0 Å². The number of nitrogens with one attached hydrogen (secondary N) is 1. The SMILES string of the molecule is Cc1nc(-c2ccc(Cl)c(S(=O)(=O)N3CCC[C@H](C(=O)NCc4ccc(F)cc4)C3)c2)no1. The van der Waals surface area contributed by atoms with Crippen LogP contribution in [-0.4, -0.2) is 41.9 Å². The summed E-state index contributed by atoms with van der Waals surface area (Å²) in [5, 5.41) is 6.71. The maximum Gasteiger partial charge on any atom is 0.244 e. The van der Waals surface area contributed by atoms with Crippen LogP contribution in [0.2, 0.25) is 5.02 Å². The first-order valence-electron chi connectivity index (χ1n) is 10.4. The molecular formula is C22H22ClFN4O4S. The molecule has 1 aliphatic rings. The third-order valence-corrected chi connectivity index (χ3v) is 7.82. The molecule has 0 spiro atoms. The molecule has 1 N–H and O–H groups in total.